The SMILES string of the molecule is COc1ccc(NC(=O)CN2C(=O)S/C(=C/c3cc(Br)c(OCc4ccccc4F)c(Br)c3)C2=O)cc1. The lowest BCUT2D eigenvalue weighted by molar-refractivity contribution is -0.127. The third-order valence-corrected chi connectivity index (χ3v) is 7.28. The Bertz CT molecular complexity index is 1370. The van der Waals surface area contributed by atoms with Crippen LogP contribution in [0.1, 0.15) is 11.1 Å². The lowest BCUT2D eigenvalue weighted by Crippen LogP contribution is -2.36. The lowest BCUT2D eigenvalue weighted by Gasteiger charge is -2.13. The summed E-state index contributed by atoms with van der Waals surface area (Å²) in [7, 11) is 1.54. The quantitative estimate of drug-likeness (QED) is 0.276. The number of rotatable bonds is 8. The number of nitrogens with zero attached hydrogens (tertiary/aromatic N) is 1. The predicted molar refractivity (Wildman–Crippen MR) is 147 cm³/mol. The average Bonchev–Trinajstić information content (AvgIpc) is 3.12. The Kier molecular flexibility index (Phi) is 8.67. The molecule has 7 nitrogen and oxygen atoms in total. The van der Waals surface area contributed by atoms with E-state index in [4.69, 9.17) is 9.47 Å². The largest absolute Gasteiger partial charge is 0.497 e. The van der Waals surface area contributed by atoms with Crippen molar-refractivity contribution in [1.29, 1.82) is 0 Å². The van der Waals surface area contributed by atoms with Gasteiger partial charge in [0, 0.05) is 11.3 Å². The Morgan fingerprint density at radius 3 is 2.41 bits per heavy atom. The molecule has 3 aromatic rings. The monoisotopic (exact) mass is 648 g/mol. The standard InChI is InChI=1S/C26H19Br2FN2O5S/c1-35-18-8-6-17(7-9-18)30-23(32)13-31-25(33)22(37-26(31)34)12-15-10-19(27)24(20(28)11-15)36-14-16-4-2-3-5-21(16)29/h2-12H,13-14H2,1H3,(H,30,32)/b22-12+. The number of halogens is 3. The van der Waals surface area contributed by atoms with Gasteiger partial charge in [0.25, 0.3) is 11.1 Å². The number of amides is 3. The minimum Gasteiger partial charge on any atom is -0.497 e. The van der Waals surface area contributed by atoms with Gasteiger partial charge in [-0.15, -0.1) is 0 Å². The third-order valence-electron chi connectivity index (χ3n) is 5.20. The Labute approximate surface area is 233 Å². The molecular weight excluding hydrogens is 631 g/mol. The maximum atomic E-state index is 13.9. The number of anilines is 1. The van der Waals surface area contributed by atoms with Crippen molar-refractivity contribution < 1.29 is 28.2 Å². The minimum atomic E-state index is -0.563. The van der Waals surface area contributed by atoms with Crippen molar-refractivity contribution in [2.75, 3.05) is 19.0 Å². The molecule has 0 spiro atoms. The van der Waals surface area contributed by atoms with Crippen molar-refractivity contribution >= 4 is 72.4 Å². The minimum absolute atomic E-state index is 0.0285. The van der Waals surface area contributed by atoms with Crippen molar-refractivity contribution in [3.05, 3.63) is 91.5 Å². The van der Waals surface area contributed by atoms with E-state index in [1.807, 2.05) is 0 Å². The van der Waals surface area contributed by atoms with Crippen LogP contribution in [-0.2, 0) is 16.2 Å². The summed E-state index contributed by atoms with van der Waals surface area (Å²) in [6.07, 6.45) is 1.56. The van der Waals surface area contributed by atoms with E-state index in [0.717, 1.165) is 16.7 Å². The highest BCUT2D eigenvalue weighted by molar-refractivity contribution is 9.11. The molecule has 0 saturated carbocycles. The first-order valence-electron chi connectivity index (χ1n) is 10.8. The van der Waals surface area contributed by atoms with Gasteiger partial charge in [-0.3, -0.25) is 19.3 Å². The second-order valence-corrected chi connectivity index (χ2v) is 10.4. The molecule has 0 atom stereocenters. The summed E-state index contributed by atoms with van der Waals surface area (Å²) < 4.78 is 25.9. The molecule has 1 fully saturated rings. The maximum Gasteiger partial charge on any atom is 0.294 e. The topological polar surface area (TPSA) is 84.9 Å². The van der Waals surface area contributed by atoms with Crippen LogP contribution in [0.5, 0.6) is 11.5 Å². The van der Waals surface area contributed by atoms with Crippen molar-refractivity contribution in [3.8, 4) is 11.5 Å². The van der Waals surface area contributed by atoms with Gasteiger partial charge in [0.05, 0.1) is 21.0 Å². The highest BCUT2D eigenvalue weighted by Gasteiger charge is 2.36. The fraction of sp³-hybridized carbons (Fsp3) is 0.115. The first-order chi connectivity index (χ1) is 17.7. The zero-order valence-corrected chi connectivity index (χ0v) is 23.3. The van der Waals surface area contributed by atoms with Crippen molar-refractivity contribution in [2.24, 2.45) is 0 Å². The highest BCUT2D eigenvalue weighted by atomic mass is 79.9. The van der Waals surface area contributed by atoms with Crippen molar-refractivity contribution in [3.63, 3.8) is 0 Å². The van der Waals surface area contributed by atoms with Gasteiger partial charge < -0.3 is 14.8 Å². The van der Waals surface area contributed by atoms with Gasteiger partial charge in [-0.25, -0.2) is 4.39 Å². The second kappa shape index (κ2) is 11.9. The molecule has 0 aromatic heterocycles. The van der Waals surface area contributed by atoms with Gasteiger partial charge in [-0.2, -0.15) is 0 Å². The lowest BCUT2D eigenvalue weighted by atomic mass is 10.2. The molecule has 3 aromatic carbocycles. The zero-order chi connectivity index (χ0) is 26.5. The number of benzene rings is 3. The van der Waals surface area contributed by atoms with E-state index in [9.17, 15) is 18.8 Å². The molecular formula is C26H19Br2FN2O5S. The average molecular weight is 650 g/mol. The van der Waals surface area contributed by atoms with Crippen LogP contribution in [0.3, 0.4) is 0 Å². The molecule has 1 aliphatic rings. The van der Waals surface area contributed by atoms with E-state index in [-0.39, 0.29) is 17.3 Å². The molecule has 37 heavy (non-hydrogen) atoms. The predicted octanol–water partition coefficient (Wildman–Crippen LogP) is 6.61. The summed E-state index contributed by atoms with van der Waals surface area (Å²) >= 11 is 7.64. The number of thioether (sulfide) groups is 1. The first kappa shape index (κ1) is 26.9. The molecule has 1 heterocycles. The normalized spacial score (nSPS) is 14.3. The van der Waals surface area contributed by atoms with Crippen LogP contribution in [0.4, 0.5) is 14.9 Å². The number of hydrogen-bond donors (Lipinski definition) is 1. The first-order valence-corrected chi connectivity index (χ1v) is 13.2. The van der Waals surface area contributed by atoms with Gasteiger partial charge in [0.1, 0.15) is 30.5 Å². The summed E-state index contributed by atoms with van der Waals surface area (Å²) in [5, 5.41) is 2.12. The Hall–Kier alpha value is -3.15. The Morgan fingerprint density at radius 1 is 1.08 bits per heavy atom. The molecule has 0 radical (unpaired) electrons. The maximum absolute atomic E-state index is 13.9. The van der Waals surface area contributed by atoms with Crippen LogP contribution in [0.15, 0.2) is 74.5 Å². The summed E-state index contributed by atoms with van der Waals surface area (Å²) in [5.74, 6) is -0.330. The molecule has 0 bridgehead atoms. The Morgan fingerprint density at radius 2 is 1.76 bits per heavy atom. The number of carbonyl (C=O) groups is 3. The van der Waals surface area contributed by atoms with Crippen LogP contribution in [0.25, 0.3) is 6.08 Å². The summed E-state index contributed by atoms with van der Waals surface area (Å²) in [5.41, 5.74) is 1.54. The van der Waals surface area contributed by atoms with Gasteiger partial charge in [-0.05, 0) is 97.7 Å². The van der Waals surface area contributed by atoms with Crippen LogP contribution in [0, 0.1) is 5.82 Å². The van der Waals surface area contributed by atoms with Crippen LogP contribution >= 0.6 is 43.6 Å². The number of ether oxygens (including phenoxy) is 2. The van der Waals surface area contributed by atoms with Crippen molar-refractivity contribution in [1.82, 2.24) is 4.90 Å². The third kappa shape index (κ3) is 6.60. The number of carbonyl (C=O) groups excluding carboxylic acids is 3. The number of methoxy groups -OCH3 is 1. The summed E-state index contributed by atoms with van der Waals surface area (Å²) in [6, 6.07) is 16.4. The van der Waals surface area contributed by atoms with E-state index in [2.05, 4.69) is 37.2 Å². The summed E-state index contributed by atoms with van der Waals surface area (Å²) in [6.45, 7) is -0.384. The molecule has 190 valence electrons. The number of nitrogens with one attached hydrogen (secondary N) is 1. The van der Waals surface area contributed by atoms with Crippen LogP contribution in [-0.4, -0.2) is 35.6 Å². The smallest absolute Gasteiger partial charge is 0.294 e. The second-order valence-electron chi connectivity index (χ2n) is 7.74. The van der Waals surface area contributed by atoms with Gasteiger partial charge in [-0.1, -0.05) is 18.2 Å². The van der Waals surface area contributed by atoms with Gasteiger partial charge >= 0.3 is 0 Å². The number of imide groups is 1. The molecule has 1 aliphatic heterocycles. The molecule has 4 rings (SSSR count). The molecule has 0 aliphatic carbocycles. The fourth-order valence-corrected chi connectivity index (χ4v) is 5.66. The fourth-order valence-electron chi connectivity index (χ4n) is 3.37. The molecule has 3 amide bonds. The molecule has 0 unspecified atom stereocenters. The Balaban J connectivity index is 1.43. The van der Waals surface area contributed by atoms with E-state index in [1.54, 1.807) is 60.7 Å². The van der Waals surface area contributed by atoms with Crippen LogP contribution in [0.2, 0.25) is 0 Å². The van der Waals surface area contributed by atoms with Crippen molar-refractivity contribution in [2.45, 2.75) is 6.61 Å². The number of hydrogen-bond acceptors (Lipinski definition) is 6. The molecule has 1 saturated heterocycles. The van der Waals surface area contributed by atoms with E-state index < -0.39 is 23.6 Å². The van der Waals surface area contributed by atoms with Gasteiger partial charge in [0.2, 0.25) is 5.91 Å². The van der Waals surface area contributed by atoms with Gasteiger partial charge in [0.15, 0.2) is 0 Å². The van der Waals surface area contributed by atoms with E-state index >= 15 is 0 Å². The van der Waals surface area contributed by atoms with E-state index in [0.29, 0.717) is 37.3 Å². The summed E-state index contributed by atoms with van der Waals surface area (Å²) in [4.78, 5) is 38.8. The highest BCUT2D eigenvalue weighted by Crippen LogP contribution is 2.38. The molecule has 11 heteroatoms. The molecule has 1 N–H and O–H groups in total. The van der Waals surface area contributed by atoms with E-state index in [1.165, 1.54) is 13.2 Å². The zero-order valence-electron chi connectivity index (χ0n) is 19.3. The van der Waals surface area contributed by atoms with Crippen LogP contribution < -0.4 is 14.8 Å².